The van der Waals surface area contributed by atoms with Crippen molar-refractivity contribution in [3.63, 3.8) is 0 Å². The van der Waals surface area contributed by atoms with Crippen LogP contribution in [-0.4, -0.2) is 28.1 Å². The van der Waals surface area contributed by atoms with Gasteiger partial charge in [-0.1, -0.05) is 12.8 Å². The van der Waals surface area contributed by atoms with E-state index in [4.69, 9.17) is 5.73 Å². The van der Waals surface area contributed by atoms with Crippen molar-refractivity contribution in [2.24, 2.45) is 5.73 Å². The van der Waals surface area contributed by atoms with Crippen molar-refractivity contribution in [1.82, 2.24) is 10.3 Å². The first-order valence-electron chi connectivity index (χ1n) is 5.89. The zero-order valence-electron chi connectivity index (χ0n) is 9.60. The van der Waals surface area contributed by atoms with Crippen LogP contribution in [0.3, 0.4) is 0 Å². The Morgan fingerprint density at radius 1 is 1.47 bits per heavy atom. The van der Waals surface area contributed by atoms with Gasteiger partial charge in [0.15, 0.2) is 5.69 Å². The molecule has 0 saturated heterocycles. The Kier molecular flexibility index (Phi) is 3.58. The zero-order valence-corrected chi connectivity index (χ0v) is 9.60. The number of carbonyl (C=O) groups is 1. The van der Waals surface area contributed by atoms with Crippen molar-refractivity contribution in [3.05, 3.63) is 24.0 Å². The number of hydrogen-bond acceptors (Lipinski definition) is 4. The lowest BCUT2D eigenvalue weighted by molar-refractivity contribution is 0.0913. The van der Waals surface area contributed by atoms with Crippen molar-refractivity contribution >= 4 is 5.91 Å². The minimum absolute atomic E-state index is 0.00134. The van der Waals surface area contributed by atoms with E-state index in [-0.39, 0.29) is 29.4 Å². The molecule has 2 unspecified atom stereocenters. The van der Waals surface area contributed by atoms with E-state index >= 15 is 0 Å². The molecule has 2 rings (SSSR count). The highest BCUT2D eigenvalue weighted by Crippen LogP contribution is 2.18. The van der Waals surface area contributed by atoms with Gasteiger partial charge in [0.25, 0.3) is 5.91 Å². The number of pyridine rings is 1. The summed E-state index contributed by atoms with van der Waals surface area (Å²) in [5.41, 5.74) is 6.01. The third-order valence-electron chi connectivity index (χ3n) is 3.14. The zero-order chi connectivity index (χ0) is 12.3. The summed E-state index contributed by atoms with van der Waals surface area (Å²) in [5.74, 6) is -0.458. The predicted molar refractivity (Wildman–Crippen MR) is 63.6 cm³/mol. The van der Waals surface area contributed by atoms with Gasteiger partial charge >= 0.3 is 0 Å². The van der Waals surface area contributed by atoms with Crippen LogP contribution >= 0.6 is 0 Å². The maximum absolute atomic E-state index is 11.9. The molecular weight excluding hydrogens is 218 g/mol. The Morgan fingerprint density at radius 3 is 2.94 bits per heavy atom. The average molecular weight is 235 g/mol. The van der Waals surface area contributed by atoms with Crippen LogP contribution in [0.5, 0.6) is 5.75 Å². The van der Waals surface area contributed by atoms with Gasteiger partial charge in [-0.15, -0.1) is 0 Å². The molecule has 1 aromatic heterocycles. The fourth-order valence-corrected chi connectivity index (χ4v) is 2.15. The van der Waals surface area contributed by atoms with Gasteiger partial charge in [-0.3, -0.25) is 4.79 Å². The molecule has 5 heteroatoms. The van der Waals surface area contributed by atoms with Crippen LogP contribution in [0, 0.1) is 0 Å². The quantitative estimate of drug-likeness (QED) is 0.707. The molecule has 17 heavy (non-hydrogen) atoms. The van der Waals surface area contributed by atoms with Gasteiger partial charge in [0.2, 0.25) is 0 Å². The summed E-state index contributed by atoms with van der Waals surface area (Å²) in [7, 11) is 0. The van der Waals surface area contributed by atoms with Crippen LogP contribution in [0.25, 0.3) is 0 Å². The SMILES string of the molecule is NC1CCCCC1NC(=O)c1ncccc1O. The van der Waals surface area contributed by atoms with Gasteiger partial charge in [0, 0.05) is 18.3 Å². The molecular formula is C12H17N3O2. The Morgan fingerprint density at radius 2 is 2.24 bits per heavy atom. The summed E-state index contributed by atoms with van der Waals surface area (Å²) in [4.78, 5) is 15.8. The summed E-state index contributed by atoms with van der Waals surface area (Å²) < 4.78 is 0. The maximum atomic E-state index is 11.9. The van der Waals surface area contributed by atoms with E-state index in [1.807, 2.05) is 0 Å². The second kappa shape index (κ2) is 5.14. The first-order valence-corrected chi connectivity index (χ1v) is 5.89. The van der Waals surface area contributed by atoms with Crippen LogP contribution in [0.4, 0.5) is 0 Å². The number of carbonyl (C=O) groups excluding carboxylic acids is 1. The molecule has 1 saturated carbocycles. The molecule has 1 amide bonds. The van der Waals surface area contributed by atoms with Crippen LogP contribution < -0.4 is 11.1 Å². The number of nitrogens with one attached hydrogen (secondary N) is 1. The van der Waals surface area contributed by atoms with Gasteiger partial charge in [-0.25, -0.2) is 4.98 Å². The molecule has 1 aliphatic rings. The van der Waals surface area contributed by atoms with Crippen LogP contribution in [-0.2, 0) is 0 Å². The Hall–Kier alpha value is -1.62. The van der Waals surface area contributed by atoms with E-state index in [1.54, 1.807) is 6.07 Å². The molecule has 1 aliphatic carbocycles. The van der Waals surface area contributed by atoms with Crippen molar-refractivity contribution in [3.8, 4) is 5.75 Å². The van der Waals surface area contributed by atoms with Crippen molar-refractivity contribution in [2.75, 3.05) is 0 Å². The van der Waals surface area contributed by atoms with Crippen molar-refractivity contribution < 1.29 is 9.90 Å². The molecule has 0 aliphatic heterocycles. The molecule has 0 spiro atoms. The summed E-state index contributed by atoms with van der Waals surface area (Å²) in [6, 6.07) is 3.01. The Labute approximate surface area is 100 Å². The second-order valence-corrected chi connectivity index (χ2v) is 4.40. The summed E-state index contributed by atoms with van der Waals surface area (Å²) in [6.45, 7) is 0. The smallest absolute Gasteiger partial charge is 0.274 e. The van der Waals surface area contributed by atoms with Crippen LogP contribution in [0.15, 0.2) is 18.3 Å². The predicted octanol–water partition coefficient (Wildman–Crippen LogP) is 0.787. The maximum Gasteiger partial charge on any atom is 0.274 e. The van der Waals surface area contributed by atoms with Crippen molar-refractivity contribution in [2.45, 2.75) is 37.8 Å². The van der Waals surface area contributed by atoms with E-state index in [0.29, 0.717) is 0 Å². The highest BCUT2D eigenvalue weighted by atomic mass is 16.3. The lowest BCUT2D eigenvalue weighted by Crippen LogP contribution is -2.49. The van der Waals surface area contributed by atoms with Gasteiger partial charge in [-0.2, -0.15) is 0 Å². The fraction of sp³-hybridized carbons (Fsp3) is 0.500. The van der Waals surface area contributed by atoms with Gasteiger partial charge in [0.05, 0.1) is 0 Å². The first kappa shape index (κ1) is 11.9. The molecule has 0 radical (unpaired) electrons. The van der Waals surface area contributed by atoms with E-state index in [0.717, 1.165) is 25.7 Å². The van der Waals surface area contributed by atoms with Crippen molar-refractivity contribution in [1.29, 1.82) is 0 Å². The number of aromatic nitrogens is 1. The van der Waals surface area contributed by atoms with Crippen LogP contribution in [0.2, 0.25) is 0 Å². The number of hydrogen-bond donors (Lipinski definition) is 3. The number of nitrogens with zero attached hydrogens (tertiary/aromatic N) is 1. The monoisotopic (exact) mass is 235 g/mol. The molecule has 5 nitrogen and oxygen atoms in total. The number of aromatic hydroxyl groups is 1. The molecule has 1 aromatic rings. The van der Waals surface area contributed by atoms with Gasteiger partial charge < -0.3 is 16.2 Å². The minimum Gasteiger partial charge on any atom is -0.505 e. The molecule has 1 fully saturated rings. The number of amides is 1. The molecule has 0 bridgehead atoms. The van der Waals surface area contributed by atoms with Crippen LogP contribution in [0.1, 0.15) is 36.2 Å². The largest absolute Gasteiger partial charge is 0.505 e. The van der Waals surface area contributed by atoms with E-state index in [2.05, 4.69) is 10.3 Å². The topological polar surface area (TPSA) is 88.2 Å². The average Bonchev–Trinajstić information content (AvgIpc) is 2.32. The summed E-state index contributed by atoms with van der Waals surface area (Å²) in [5, 5.41) is 12.4. The highest BCUT2D eigenvalue weighted by Gasteiger charge is 2.24. The van der Waals surface area contributed by atoms with E-state index in [1.165, 1.54) is 12.3 Å². The molecule has 0 aromatic carbocycles. The standard InChI is InChI=1S/C12H17N3O2/c13-8-4-1-2-5-9(8)15-12(17)11-10(16)6-3-7-14-11/h3,6-9,16H,1-2,4-5,13H2,(H,15,17). The fourth-order valence-electron chi connectivity index (χ4n) is 2.15. The molecule has 1 heterocycles. The molecule has 4 N–H and O–H groups in total. The number of nitrogens with two attached hydrogens (primary N) is 1. The second-order valence-electron chi connectivity index (χ2n) is 4.40. The van der Waals surface area contributed by atoms with E-state index in [9.17, 15) is 9.90 Å². The highest BCUT2D eigenvalue weighted by molar-refractivity contribution is 5.94. The summed E-state index contributed by atoms with van der Waals surface area (Å²) in [6.07, 6.45) is 5.49. The Bertz CT molecular complexity index is 408. The summed E-state index contributed by atoms with van der Waals surface area (Å²) >= 11 is 0. The van der Waals surface area contributed by atoms with E-state index < -0.39 is 0 Å². The molecule has 2 atom stereocenters. The lowest BCUT2D eigenvalue weighted by Gasteiger charge is -2.29. The lowest BCUT2D eigenvalue weighted by atomic mass is 9.91. The van der Waals surface area contributed by atoms with Gasteiger partial charge in [0.1, 0.15) is 5.75 Å². The first-order chi connectivity index (χ1) is 8.18. The number of rotatable bonds is 2. The normalized spacial score (nSPS) is 24.3. The minimum atomic E-state index is -0.356. The third kappa shape index (κ3) is 2.74. The Balaban J connectivity index is 2.04. The van der Waals surface area contributed by atoms with Gasteiger partial charge in [-0.05, 0) is 25.0 Å². The molecule has 92 valence electrons. The third-order valence-corrected chi connectivity index (χ3v) is 3.14.